The van der Waals surface area contributed by atoms with Crippen LogP contribution in [0, 0.1) is 11.6 Å². The van der Waals surface area contributed by atoms with Gasteiger partial charge in [0.15, 0.2) is 16.8 Å². The molecule has 1 aromatic heterocycles. The lowest BCUT2D eigenvalue weighted by atomic mass is 10.1. The number of nitrogens with zero attached hydrogens (tertiary/aromatic N) is 2. The summed E-state index contributed by atoms with van der Waals surface area (Å²) in [5, 5.41) is 0.465. The van der Waals surface area contributed by atoms with Gasteiger partial charge in [-0.05, 0) is 42.0 Å². The molecule has 3 aromatic carbocycles. The van der Waals surface area contributed by atoms with Crippen molar-refractivity contribution < 1.29 is 18.3 Å². The van der Waals surface area contributed by atoms with Crippen molar-refractivity contribution >= 4 is 32.6 Å². The Balaban J connectivity index is 1.77. The van der Waals surface area contributed by atoms with Gasteiger partial charge in [0.1, 0.15) is 5.75 Å². The van der Waals surface area contributed by atoms with Crippen LogP contribution in [-0.2, 0) is 6.54 Å². The molecule has 0 saturated heterocycles. The van der Waals surface area contributed by atoms with Gasteiger partial charge in [-0.3, -0.25) is 9.69 Å². The molecule has 0 aliphatic carbocycles. The van der Waals surface area contributed by atoms with Crippen LogP contribution in [0.4, 0.5) is 13.9 Å². The average Bonchev–Trinajstić information content (AvgIpc) is 3.17. The highest BCUT2D eigenvalue weighted by Gasteiger charge is 2.23. The Morgan fingerprint density at radius 1 is 1.03 bits per heavy atom. The summed E-state index contributed by atoms with van der Waals surface area (Å²) in [4.78, 5) is 19.2. The van der Waals surface area contributed by atoms with E-state index in [1.807, 2.05) is 42.5 Å². The number of thiazole rings is 1. The number of ether oxygens (including phenoxy) is 1. The Morgan fingerprint density at radius 2 is 1.83 bits per heavy atom. The quantitative estimate of drug-likeness (QED) is 0.441. The lowest BCUT2D eigenvalue weighted by Gasteiger charge is -2.20. The van der Waals surface area contributed by atoms with Crippen molar-refractivity contribution in [3.63, 3.8) is 0 Å². The van der Waals surface area contributed by atoms with Gasteiger partial charge in [-0.15, -0.1) is 0 Å². The van der Waals surface area contributed by atoms with Gasteiger partial charge in [-0.1, -0.05) is 41.7 Å². The highest BCUT2D eigenvalue weighted by atomic mass is 32.1. The van der Waals surface area contributed by atoms with Gasteiger partial charge >= 0.3 is 0 Å². The summed E-state index contributed by atoms with van der Waals surface area (Å²) in [5.41, 5.74) is 1.67. The third-order valence-electron chi connectivity index (χ3n) is 4.41. The van der Waals surface area contributed by atoms with Crippen molar-refractivity contribution in [2.45, 2.75) is 6.54 Å². The lowest BCUT2D eigenvalue weighted by Crippen LogP contribution is -2.30. The third-order valence-corrected chi connectivity index (χ3v) is 5.45. The molecule has 0 unspecified atom stereocenters. The molecule has 1 heterocycles. The molecule has 0 N–H and O–H groups in total. The summed E-state index contributed by atoms with van der Waals surface area (Å²) >= 11 is 1.33. The van der Waals surface area contributed by atoms with Crippen molar-refractivity contribution in [2.24, 2.45) is 0 Å². The zero-order chi connectivity index (χ0) is 20.4. The van der Waals surface area contributed by atoms with E-state index in [4.69, 9.17) is 4.74 Å². The van der Waals surface area contributed by atoms with Gasteiger partial charge in [0.25, 0.3) is 5.91 Å². The van der Waals surface area contributed by atoms with Gasteiger partial charge in [0, 0.05) is 5.56 Å². The van der Waals surface area contributed by atoms with Gasteiger partial charge in [-0.2, -0.15) is 0 Å². The van der Waals surface area contributed by atoms with E-state index in [0.717, 1.165) is 27.9 Å². The Hall–Kier alpha value is -3.32. The molecule has 0 bridgehead atoms. The Kier molecular flexibility index (Phi) is 5.22. The second-order valence-electron chi connectivity index (χ2n) is 6.34. The van der Waals surface area contributed by atoms with E-state index in [1.165, 1.54) is 22.3 Å². The van der Waals surface area contributed by atoms with Crippen molar-refractivity contribution in [2.75, 3.05) is 12.0 Å². The van der Waals surface area contributed by atoms with Crippen LogP contribution in [0.15, 0.2) is 66.7 Å². The second kappa shape index (κ2) is 7.97. The molecular weight excluding hydrogens is 394 g/mol. The number of hydrogen-bond donors (Lipinski definition) is 0. The first kappa shape index (κ1) is 19.0. The van der Waals surface area contributed by atoms with Crippen molar-refractivity contribution in [3.05, 3.63) is 89.5 Å². The van der Waals surface area contributed by atoms with E-state index in [1.54, 1.807) is 13.2 Å². The number of carbonyl (C=O) groups excluding carboxylic acids is 1. The minimum atomic E-state index is -1.07. The fourth-order valence-electron chi connectivity index (χ4n) is 2.91. The van der Waals surface area contributed by atoms with Crippen LogP contribution in [0.1, 0.15) is 15.9 Å². The van der Waals surface area contributed by atoms with E-state index in [9.17, 15) is 13.6 Å². The van der Waals surface area contributed by atoms with E-state index >= 15 is 0 Å². The van der Waals surface area contributed by atoms with Crippen molar-refractivity contribution in [1.29, 1.82) is 0 Å². The monoisotopic (exact) mass is 410 g/mol. The number of rotatable bonds is 5. The number of methoxy groups -OCH3 is 1. The molecule has 0 aliphatic rings. The lowest BCUT2D eigenvalue weighted by molar-refractivity contribution is 0.0984. The molecule has 0 spiro atoms. The smallest absolute Gasteiger partial charge is 0.260 e. The predicted octanol–water partition coefficient (Wildman–Crippen LogP) is 5.43. The van der Waals surface area contributed by atoms with Gasteiger partial charge < -0.3 is 4.74 Å². The fourth-order valence-corrected chi connectivity index (χ4v) is 3.90. The maximum Gasteiger partial charge on any atom is 0.260 e. The number of aromatic nitrogens is 1. The Bertz CT molecular complexity index is 1180. The van der Waals surface area contributed by atoms with Crippen LogP contribution >= 0.6 is 11.3 Å². The first-order valence-electron chi connectivity index (χ1n) is 8.80. The zero-order valence-corrected chi connectivity index (χ0v) is 16.2. The summed E-state index contributed by atoms with van der Waals surface area (Å²) in [6.07, 6.45) is 0. The number of fused-ring (bicyclic) bond motifs is 1. The summed E-state index contributed by atoms with van der Waals surface area (Å²) in [7, 11) is 1.58. The average molecular weight is 410 g/mol. The zero-order valence-electron chi connectivity index (χ0n) is 15.4. The number of anilines is 1. The van der Waals surface area contributed by atoms with Crippen LogP contribution in [0.25, 0.3) is 10.2 Å². The van der Waals surface area contributed by atoms with Gasteiger partial charge in [-0.25, -0.2) is 13.8 Å². The second-order valence-corrected chi connectivity index (χ2v) is 7.34. The largest absolute Gasteiger partial charge is 0.497 e. The van der Waals surface area contributed by atoms with Crippen LogP contribution in [0.2, 0.25) is 0 Å². The summed E-state index contributed by atoms with van der Waals surface area (Å²) < 4.78 is 33.1. The molecule has 0 saturated carbocycles. The Morgan fingerprint density at radius 3 is 2.55 bits per heavy atom. The highest BCUT2D eigenvalue weighted by Crippen LogP contribution is 2.33. The molecule has 0 radical (unpaired) electrons. The molecule has 146 valence electrons. The van der Waals surface area contributed by atoms with E-state index in [0.29, 0.717) is 10.9 Å². The summed E-state index contributed by atoms with van der Waals surface area (Å²) in [6, 6.07) is 18.0. The number of hydrogen-bond acceptors (Lipinski definition) is 4. The van der Waals surface area contributed by atoms with Crippen LogP contribution in [0.5, 0.6) is 5.75 Å². The van der Waals surface area contributed by atoms with Gasteiger partial charge in [0.2, 0.25) is 0 Å². The number of amides is 1. The number of carbonyl (C=O) groups is 1. The predicted molar refractivity (Wildman–Crippen MR) is 109 cm³/mol. The maximum atomic E-state index is 13.7. The standard InChI is InChI=1S/C22H16F2N2O2S/c1-28-16-8-10-19-20(12-16)29-22(25-19)26(13-14-5-3-2-4-6-14)21(27)15-7-9-17(23)18(24)11-15/h2-12H,13H2,1H3. The maximum absolute atomic E-state index is 13.7. The van der Waals surface area contributed by atoms with Crippen LogP contribution in [-0.4, -0.2) is 18.0 Å². The van der Waals surface area contributed by atoms with Crippen molar-refractivity contribution in [1.82, 2.24) is 4.98 Å². The molecule has 0 atom stereocenters. The molecule has 4 nitrogen and oxygen atoms in total. The minimum Gasteiger partial charge on any atom is -0.497 e. The SMILES string of the molecule is COc1ccc2nc(N(Cc3ccccc3)C(=O)c3ccc(F)c(F)c3)sc2c1. The number of benzene rings is 3. The van der Waals surface area contributed by atoms with E-state index in [2.05, 4.69) is 4.98 Å². The molecule has 0 fully saturated rings. The first-order chi connectivity index (χ1) is 14.0. The molecule has 0 aliphatic heterocycles. The van der Waals surface area contributed by atoms with Crippen LogP contribution < -0.4 is 9.64 Å². The number of halogens is 2. The summed E-state index contributed by atoms with van der Waals surface area (Å²) in [5.74, 6) is -1.83. The molecule has 4 aromatic rings. The summed E-state index contributed by atoms with van der Waals surface area (Å²) in [6.45, 7) is 0.246. The minimum absolute atomic E-state index is 0.0525. The highest BCUT2D eigenvalue weighted by molar-refractivity contribution is 7.22. The van der Waals surface area contributed by atoms with E-state index < -0.39 is 17.5 Å². The molecule has 1 amide bonds. The van der Waals surface area contributed by atoms with Gasteiger partial charge in [0.05, 0.1) is 23.9 Å². The molecular formula is C22H16F2N2O2S. The van der Waals surface area contributed by atoms with E-state index in [-0.39, 0.29) is 12.1 Å². The molecule has 4 rings (SSSR count). The molecule has 29 heavy (non-hydrogen) atoms. The van der Waals surface area contributed by atoms with Crippen LogP contribution in [0.3, 0.4) is 0 Å². The molecule has 7 heteroatoms. The normalized spacial score (nSPS) is 10.9. The van der Waals surface area contributed by atoms with Crippen molar-refractivity contribution in [3.8, 4) is 5.75 Å². The fraction of sp³-hybridized carbons (Fsp3) is 0.0909. The third kappa shape index (κ3) is 3.95. The first-order valence-corrected chi connectivity index (χ1v) is 9.62. The Labute approximate surface area is 170 Å². The topological polar surface area (TPSA) is 42.4 Å².